The molecule has 0 amide bonds. The number of nitrogens with zero attached hydrogens (tertiary/aromatic N) is 4. The Kier molecular flexibility index (Phi) is 2.20. The van der Waals surface area contributed by atoms with Crippen LogP contribution in [-0.4, -0.2) is 20.0 Å². The highest BCUT2D eigenvalue weighted by atomic mass is 32.1. The second kappa shape index (κ2) is 3.38. The van der Waals surface area contributed by atoms with Crippen LogP contribution in [0.1, 0.15) is 12.6 Å². The van der Waals surface area contributed by atoms with Gasteiger partial charge in [0, 0.05) is 6.54 Å². The number of nitrogens with two attached hydrogens (primary N) is 1. The molecule has 2 rings (SSSR count). The van der Waals surface area contributed by atoms with Gasteiger partial charge in [-0.1, -0.05) is 11.3 Å². The fraction of sp³-hybridized carbons (Fsp3) is 0.375. The molecule has 0 atom stereocenters. The number of rotatable bonds is 2. The second-order valence-corrected chi connectivity index (χ2v) is 3.94. The average Bonchev–Trinajstić information content (AvgIpc) is 2.71. The van der Waals surface area contributed by atoms with E-state index in [0.717, 1.165) is 22.9 Å². The van der Waals surface area contributed by atoms with Crippen LogP contribution >= 0.6 is 11.3 Å². The Bertz CT molecular complexity index is 444. The lowest BCUT2D eigenvalue weighted by molar-refractivity contribution is 0.659. The van der Waals surface area contributed by atoms with Crippen LogP contribution in [0.25, 0.3) is 10.7 Å². The minimum absolute atomic E-state index is 0.488. The van der Waals surface area contributed by atoms with Crippen molar-refractivity contribution < 1.29 is 0 Å². The summed E-state index contributed by atoms with van der Waals surface area (Å²) in [5, 5.41) is 13.4. The minimum Gasteiger partial charge on any atom is -0.374 e. The van der Waals surface area contributed by atoms with Crippen LogP contribution in [0.2, 0.25) is 0 Å². The summed E-state index contributed by atoms with van der Waals surface area (Å²) >= 11 is 1.38. The lowest BCUT2D eigenvalue weighted by atomic mass is 10.4. The summed E-state index contributed by atoms with van der Waals surface area (Å²) in [5.41, 5.74) is 7.50. The third-order valence-corrected chi connectivity index (χ3v) is 2.64. The number of aromatic nitrogens is 4. The van der Waals surface area contributed by atoms with Gasteiger partial charge in [-0.05, 0) is 19.9 Å². The van der Waals surface area contributed by atoms with E-state index in [-0.39, 0.29) is 0 Å². The first kappa shape index (κ1) is 9.14. The standard InChI is InChI=1S/C8H11N5S/c1-3-13-6(4-5(2)12-13)7-10-11-8(9)14-7/h4H,3H2,1-2H3,(H2,9,11). The summed E-state index contributed by atoms with van der Waals surface area (Å²) in [6, 6.07) is 1.99. The van der Waals surface area contributed by atoms with Gasteiger partial charge in [0.15, 0.2) is 5.01 Å². The van der Waals surface area contributed by atoms with E-state index in [1.54, 1.807) is 0 Å². The maximum atomic E-state index is 5.53. The van der Waals surface area contributed by atoms with Crippen molar-refractivity contribution in [2.45, 2.75) is 20.4 Å². The molecular formula is C8H11N5S. The van der Waals surface area contributed by atoms with E-state index in [1.807, 2.05) is 24.6 Å². The van der Waals surface area contributed by atoms with Crippen LogP contribution in [0, 0.1) is 6.92 Å². The van der Waals surface area contributed by atoms with Crippen molar-refractivity contribution in [3.8, 4) is 10.7 Å². The van der Waals surface area contributed by atoms with Gasteiger partial charge in [-0.3, -0.25) is 4.68 Å². The Morgan fingerprint density at radius 3 is 2.86 bits per heavy atom. The first-order valence-corrected chi connectivity index (χ1v) is 5.16. The number of aryl methyl sites for hydroxylation is 2. The Hall–Kier alpha value is -1.43. The van der Waals surface area contributed by atoms with Crippen molar-refractivity contribution >= 4 is 16.5 Å². The monoisotopic (exact) mass is 209 g/mol. The molecule has 0 aliphatic heterocycles. The minimum atomic E-state index is 0.488. The van der Waals surface area contributed by atoms with E-state index in [0.29, 0.717) is 5.13 Å². The van der Waals surface area contributed by atoms with Crippen LogP contribution in [0.3, 0.4) is 0 Å². The number of hydrogen-bond acceptors (Lipinski definition) is 5. The summed E-state index contributed by atoms with van der Waals surface area (Å²) in [6.07, 6.45) is 0. The molecule has 14 heavy (non-hydrogen) atoms. The smallest absolute Gasteiger partial charge is 0.203 e. The fourth-order valence-corrected chi connectivity index (χ4v) is 1.93. The van der Waals surface area contributed by atoms with Gasteiger partial charge < -0.3 is 5.73 Å². The predicted molar refractivity (Wildman–Crippen MR) is 56.0 cm³/mol. The summed E-state index contributed by atoms with van der Waals surface area (Å²) < 4.78 is 1.90. The molecule has 0 fully saturated rings. The maximum absolute atomic E-state index is 5.53. The second-order valence-electron chi connectivity index (χ2n) is 2.93. The van der Waals surface area contributed by atoms with Gasteiger partial charge >= 0.3 is 0 Å². The highest BCUT2D eigenvalue weighted by Gasteiger charge is 2.10. The lowest BCUT2D eigenvalue weighted by Crippen LogP contribution is -1.98. The molecule has 2 N–H and O–H groups in total. The predicted octanol–water partition coefficient (Wildman–Crippen LogP) is 1.31. The van der Waals surface area contributed by atoms with Gasteiger partial charge in [0.05, 0.1) is 11.4 Å². The molecular weight excluding hydrogens is 198 g/mol. The van der Waals surface area contributed by atoms with Crippen LogP contribution in [0.5, 0.6) is 0 Å². The molecule has 74 valence electrons. The van der Waals surface area contributed by atoms with Gasteiger partial charge in [-0.15, -0.1) is 10.2 Å². The average molecular weight is 209 g/mol. The van der Waals surface area contributed by atoms with E-state index in [4.69, 9.17) is 5.73 Å². The van der Waals surface area contributed by atoms with Gasteiger partial charge in [0.1, 0.15) is 0 Å². The summed E-state index contributed by atoms with van der Waals surface area (Å²) in [6.45, 7) is 4.82. The first-order chi connectivity index (χ1) is 6.70. The zero-order chi connectivity index (χ0) is 10.1. The molecule has 2 aromatic rings. The van der Waals surface area contributed by atoms with Gasteiger partial charge in [0.2, 0.25) is 5.13 Å². The van der Waals surface area contributed by atoms with Crippen LogP contribution in [-0.2, 0) is 6.54 Å². The van der Waals surface area contributed by atoms with E-state index >= 15 is 0 Å². The van der Waals surface area contributed by atoms with Crippen LogP contribution in [0.4, 0.5) is 5.13 Å². The number of nitrogen functional groups attached to an aromatic ring is 1. The largest absolute Gasteiger partial charge is 0.374 e. The molecule has 5 nitrogen and oxygen atoms in total. The molecule has 0 saturated heterocycles. The van der Waals surface area contributed by atoms with E-state index < -0.39 is 0 Å². The first-order valence-electron chi connectivity index (χ1n) is 4.34. The number of hydrogen-bond donors (Lipinski definition) is 1. The Morgan fingerprint density at radius 1 is 1.50 bits per heavy atom. The highest BCUT2D eigenvalue weighted by molar-refractivity contribution is 7.18. The van der Waals surface area contributed by atoms with Crippen molar-refractivity contribution in [2.75, 3.05) is 5.73 Å². The lowest BCUT2D eigenvalue weighted by Gasteiger charge is -1.98. The van der Waals surface area contributed by atoms with Gasteiger partial charge in [-0.25, -0.2) is 0 Å². The molecule has 0 saturated carbocycles. The molecule has 0 bridgehead atoms. The molecule has 0 unspecified atom stereocenters. The zero-order valence-electron chi connectivity index (χ0n) is 8.06. The van der Waals surface area contributed by atoms with Crippen molar-refractivity contribution in [3.05, 3.63) is 11.8 Å². The molecule has 0 aliphatic carbocycles. The van der Waals surface area contributed by atoms with E-state index in [9.17, 15) is 0 Å². The van der Waals surface area contributed by atoms with E-state index in [1.165, 1.54) is 11.3 Å². The Labute approximate surface area is 85.6 Å². The number of anilines is 1. The SMILES string of the molecule is CCn1nc(C)cc1-c1nnc(N)s1. The molecule has 6 heteroatoms. The molecule has 0 radical (unpaired) electrons. The summed E-state index contributed by atoms with van der Waals surface area (Å²) in [4.78, 5) is 0. The summed E-state index contributed by atoms with van der Waals surface area (Å²) in [5.74, 6) is 0. The molecule has 0 spiro atoms. The van der Waals surface area contributed by atoms with Crippen molar-refractivity contribution in [3.63, 3.8) is 0 Å². The third-order valence-electron chi connectivity index (χ3n) is 1.86. The zero-order valence-corrected chi connectivity index (χ0v) is 8.88. The Balaban J connectivity index is 2.49. The molecule has 2 heterocycles. The fourth-order valence-electron chi connectivity index (χ4n) is 1.30. The van der Waals surface area contributed by atoms with Crippen molar-refractivity contribution in [2.24, 2.45) is 0 Å². The van der Waals surface area contributed by atoms with E-state index in [2.05, 4.69) is 15.3 Å². The molecule has 0 aliphatic rings. The van der Waals surface area contributed by atoms with Crippen molar-refractivity contribution in [1.29, 1.82) is 0 Å². The topological polar surface area (TPSA) is 69.6 Å². The highest BCUT2D eigenvalue weighted by Crippen LogP contribution is 2.25. The van der Waals surface area contributed by atoms with Crippen molar-refractivity contribution in [1.82, 2.24) is 20.0 Å². The normalized spacial score (nSPS) is 10.7. The van der Waals surface area contributed by atoms with Gasteiger partial charge in [-0.2, -0.15) is 5.10 Å². The van der Waals surface area contributed by atoms with Crippen LogP contribution < -0.4 is 5.73 Å². The van der Waals surface area contributed by atoms with Gasteiger partial charge in [0.25, 0.3) is 0 Å². The molecule has 0 aromatic carbocycles. The third kappa shape index (κ3) is 1.48. The molecule has 2 aromatic heterocycles. The quantitative estimate of drug-likeness (QED) is 0.809. The summed E-state index contributed by atoms with van der Waals surface area (Å²) in [7, 11) is 0. The Morgan fingerprint density at radius 2 is 2.29 bits per heavy atom. The van der Waals surface area contributed by atoms with Crippen LogP contribution in [0.15, 0.2) is 6.07 Å². The maximum Gasteiger partial charge on any atom is 0.203 e.